The van der Waals surface area contributed by atoms with E-state index in [9.17, 15) is 4.79 Å². The quantitative estimate of drug-likeness (QED) is 0.415. The number of amides is 1. The molecule has 0 saturated heterocycles. The highest BCUT2D eigenvalue weighted by Gasteiger charge is 2.53. The van der Waals surface area contributed by atoms with Gasteiger partial charge in [-0.25, -0.2) is 0 Å². The molecule has 0 unspecified atom stereocenters. The van der Waals surface area contributed by atoms with Crippen LogP contribution in [0.2, 0.25) is 0 Å². The lowest BCUT2D eigenvalue weighted by Gasteiger charge is -2.55. The Bertz CT molecular complexity index is 1170. The topological polar surface area (TPSA) is 64.6 Å². The van der Waals surface area contributed by atoms with E-state index in [0.29, 0.717) is 28.7 Å². The first-order valence-corrected chi connectivity index (χ1v) is 13.3. The summed E-state index contributed by atoms with van der Waals surface area (Å²) < 4.78 is 10.8. The van der Waals surface area contributed by atoms with E-state index in [2.05, 4.69) is 5.10 Å². The van der Waals surface area contributed by atoms with Gasteiger partial charge in [-0.3, -0.25) is 9.69 Å². The molecular weight excluding hydrogens is 458 g/mol. The molecule has 0 spiro atoms. The lowest BCUT2D eigenvalue weighted by atomic mass is 9.50. The number of benzene rings is 2. The number of rotatable bonds is 7. The van der Waals surface area contributed by atoms with Crippen molar-refractivity contribution in [3.63, 3.8) is 0 Å². The van der Waals surface area contributed by atoms with E-state index < -0.39 is 0 Å². The van der Waals surface area contributed by atoms with E-state index in [1.165, 1.54) is 38.5 Å². The minimum Gasteiger partial charge on any atom is -0.497 e. The van der Waals surface area contributed by atoms with E-state index in [-0.39, 0.29) is 11.3 Å². The van der Waals surface area contributed by atoms with Crippen molar-refractivity contribution in [2.24, 2.45) is 17.8 Å². The summed E-state index contributed by atoms with van der Waals surface area (Å²) in [7, 11) is 3.18. The van der Waals surface area contributed by atoms with E-state index in [1.807, 2.05) is 30.3 Å². The van der Waals surface area contributed by atoms with Crippen LogP contribution in [0.1, 0.15) is 59.5 Å². The van der Waals surface area contributed by atoms with Gasteiger partial charge >= 0.3 is 0 Å². The number of anilines is 1. The number of aromatic nitrogens is 2. The van der Waals surface area contributed by atoms with Gasteiger partial charge in [0.1, 0.15) is 16.5 Å². The predicted molar refractivity (Wildman–Crippen MR) is 136 cm³/mol. The average molecular weight is 490 g/mol. The molecule has 0 N–H and O–H groups in total. The fourth-order valence-electron chi connectivity index (χ4n) is 6.99. The second-order valence-corrected chi connectivity index (χ2v) is 11.5. The number of carbonyl (C=O) groups excluding carboxylic acids is 1. The van der Waals surface area contributed by atoms with Crippen LogP contribution in [-0.2, 0) is 12.0 Å². The molecule has 6 nitrogen and oxygen atoms in total. The van der Waals surface area contributed by atoms with Crippen molar-refractivity contribution >= 4 is 22.4 Å². The van der Waals surface area contributed by atoms with Crippen LogP contribution in [0.5, 0.6) is 11.5 Å². The molecule has 0 radical (unpaired) electrons. The van der Waals surface area contributed by atoms with Gasteiger partial charge in [0.2, 0.25) is 5.13 Å². The second kappa shape index (κ2) is 8.94. The Morgan fingerprint density at radius 1 is 0.943 bits per heavy atom. The molecule has 7 rings (SSSR count). The third-order valence-corrected chi connectivity index (χ3v) is 9.36. The molecule has 0 atom stereocenters. The lowest BCUT2D eigenvalue weighted by Crippen LogP contribution is -2.48. The summed E-state index contributed by atoms with van der Waals surface area (Å²) in [5.41, 5.74) is 1.71. The standard InChI is InChI=1S/C28H31N3O3S/c1-33-23-11-22(12-24(13-23)34-2)25(32)31(17-18-6-4-3-5-7-18)27-30-29-26(35-27)28-14-19-8-20(15-28)10-21(9-19)16-28/h3-7,11-13,19-21H,8-10,14-17H2,1-2H3. The Kier molecular flexibility index (Phi) is 5.75. The molecule has 182 valence electrons. The van der Waals surface area contributed by atoms with Gasteiger partial charge in [-0.15, -0.1) is 10.2 Å². The highest BCUT2D eigenvalue weighted by Crippen LogP contribution is 2.61. The van der Waals surface area contributed by atoms with Gasteiger partial charge in [-0.2, -0.15) is 0 Å². The van der Waals surface area contributed by atoms with Crippen LogP contribution in [-0.4, -0.2) is 30.3 Å². The third kappa shape index (κ3) is 4.20. The number of hydrogen-bond acceptors (Lipinski definition) is 6. The lowest BCUT2D eigenvalue weighted by molar-refractivity contribution is -0.00555. The van der Waals surface area contributed by atoms with Crippen LogP contribution >= 0.6 is 11.3 Å². The first kappa shape index (κ1) is 22.5. The Balaban J connectivity index is 1.36. The minimum atomic E-state index is -0.140. The number of ether oxygens (including phenoxy) is 2. The van der Waals surface area contributed by atoms with Crippen molar-refractivity contribution in [3.05, 3.63) is 64.7 Å². The van der Waals surface area contributed by atoms with Gasteiger partial charge in [0.05, 0.1) is 20.8 Å². The molecule has 0 aliphatic heterocycles. The Labute approximate surface area is 210 Å². The highest BCUT2D eigenvalue weighted by molar-refractivity contribution is 7.15. The molecule has 7 heteroatoms. The van der Waals surface area contributed by atoms with Crippen LogP contribution in [0.25, 0.3) is 0 Å². The molecule has 4 fully saturated rings. The molecular formula is C28H31N3O3S. The number of hydrogen-bond donors (Lipinski definition) is 0. The molecule has 1 amide bonds. The summed E-state index contributed by atoms with van der Waals surface area (Å²) in [5, 5.41) is 11.1. The fourth-order valence-corrected chi connectivity index (χ4v) is 8.05. The second-order valence-electron chi connectivity index (χ2n) is 10.6. The summed E-state index contributed by atoms with van der Waals surface area (Å²) in [4.78, 5) is 15.7. The zero-order valence-corrected chi connectivity index (χ0v) is 21.1. The first-order chi connectivity index (χ1) is 17.0. The minimum absolute atomic E-state index is 0.140. The van der Waals surface area contributed by atoms with Crippen LogP contribution in [0.4, 0.5) is 5.13 Å². The summed E-state index contributed by atoms with van der Waals surface area (Å²) >= 11 is 1.61. The van der Waals surface area contributed by atoms with E-state index >= 15 is 0 Å². The van der Waals surface area contributed by atoms with Crippen molar-refractivity contribution < 1.29 is 14.3 Å². The summed E-state index contributed by atoms with van der Waals surface area (Å²) in [5.74, 6) is 3.52. The molecule has 2 aromatic carbocycles. The molecule has 35 heavy (non-hydrogen) atoms. The predicted octanol–water partition coefficient (Wildman–Crippen LogP) is 5.87. The van der Waals surface area contributed by atoms with Crippen LogP contribution < -0.4 is 14.4 Å². The van der Waals surface area contributed by atoms with Crippen LogP contribution in [0.15, 0.2) is 48.5 Å². The Morgan fingerprint density at radius 3 is 2.11 bits per heavy atom. The highest BCUT2D eigenvalue weighted by atomic mass is 32.1. The van der Waals surface area contributed by atoms with E-state index in [1.54, 1.807) is 48.7 Å². The zero-order chi connectivity index (χ0) is 24.0. The molecule has 4 aliphatic carbocycles. The van der Waals surface area contributed by atoms with Crippen molar-refractivity contribution in [2.75, 3.05) is 19.1 Å². The van der Waals surface area contributed by atoms with Crippen molar-refractivity contribution in [1.29, 1.82) is 0 Å². The third-order valence-electron chi connectivity index (χ3n) is 8.16. The molecule has 4 aliphatic rings. The molecule has 1 heterocycles. The van der Waals surface area contributed by atoms with Crippen molar-refractivity contribution in [1.82, 2.24) is 10.2 Å². The summed E-state index contributed by atoms with van der Waals surface area (Å²) in [6.07, 6.45) is 7.86. The maximum Gasteiger partial charge on any atom is 0.260 e. The molecule has 4 saturated carbocycles. The molecule has 3 aromatic rings. The normalized spacial score (nSPS) is 26.5. The van der Waals surface area contributed by atoms with E-state index in [0.717, 1.165) is 28.3 Å². The summed E-state index contributed by atoms with van der Waals surface area (Å²) in [6, 6.07) is 15.3. The van der Waals surface area contributed by atoms with Gasteiger partial charge in [-0.05, 0) is 74.0 Å². The average Bonchev–Trinajstić information content (AvgIpc) is 3.37. The number of carbonyl (C=O) groups is 1. The van der Waals surface area contributed by atoms with Gasteiger partial charge in [0.15, 0.2) is 0 Å². The smallest absolute Gasteiger partial charge is 0.260 e. The first-order valence-electron chi connectivity index (χ1n) is 12.5. The fraction of sp³-hybridized carbons (Fsp3) is 0.464. The van der Waals surface area contributed by atoms with Crippen LogP contribution in [0, 0.1) is 17.8 Å². The monoisotopic (exact) mass is 489 g/mol. The number of methoxy groups -OCH3 is 2. The zero-order valence-electron chi connectivity index (χ0n) is 20.3. The Hall–Kier alpha value is -2.93. The van der Waals surface area contributed by atoms with Crippen LogP contribution in [0.3, 0.4) is 0 Å². The maximum absolute atomic E-state index is 13.9. The van der Waals surface area contributed by atoms with Crippen molar-refractivity contribution in [2.45, 2.75) is 50.5 Å². The summed E-state index contributed by atoms with van der Waals surface area (Å²) in [6.45, 7) is 0.425. The Morgan fingerprint density at radius 2 is 1.54 bits per heavy atom. The number of nitrogens with zero attached hydrogens (tertiary/aromatic N) is 3. The van der Waals surface area contributed by atoms with Gasteiger partial charge in [0.25, 0.3) is 5.91 Å². The maximum atomic E-state index is 13.9. The van der Waals surface area contributed by atoms with E-state index in [4.69, 9.17) is 14.6 Å². The van der Waals surface area contributed by atoms with Crippen molar-refractivity contribution in [3.8, 4) is 11.5 Å². The van der Waals surface area contributed by atoms with Gasteiger partial charge in [0, 0.05) is 17.0 Å². The molecule has 1 aromatic heterocycles. The van der Waals surface area contributed by atoms with Gasteiger partial charge in [-0.1, -0.05) is 41.7 Å². The molecule has 4 bridgehead atoms. The largest absolute Gasteiger partial charge is 0.497 e. The SMILES string of the molecule is COc1cc(OC)cc(C(=O)N(Cc2ccccc2)c2nnc(C34CC5CC(CC(C5)C3)C4)s2)c1. The van der Waals surface area contributed by atoms with Gasteiger partial charge < -0.3 is 9.47 Å².